The molecule has 2 aromatic carbocycles. The summed E-state index contributed by atoms with van der Waals surface area (Å²) in [6.07, 6.45) is -0.911. The predicted octanol–water partition coefficient (Wildman–Crippen LogP) is 3.94. The fraction of sp³-hybridized carbons (Fsp3) is 0.167. The molecule has 0 amide bonds. The van der Waals surface area contributed by atoms with Crippen molar-refractivity contribution >= 4 is 5.97 Å². The van der Waals surface area contributed by atoms with Crippen molar-refractivity contribution in [3.8, 4) is 17.2 Å². The summed E-state index contributed by atoms with van der Waals surface area (Å²) in [6, 6.07) is 9.53. The molecular formula is C18H14F2N2O4. The number of hydrogen-bond donors (Lipinski definition) is 0. The summed E-state index contributed by atoms with van der Waals surface area (Å²) in [5.74, 6) is -1.79. The normalized spacial score (nSPS) is 11.8. The first kappa shape index (κ1) is 17.5. The molecule has 26 heavy (non-hydrogen) atoms. The lowest BCUT2D eigenvalue weighted by atomic mass is 10.2. The zero-order valence-electron chi connectivity index (χ0n) is 13.9. The Morgan fingerprint density at radius 1 is 1.12 bits per heavy atom. The molecule has 0 spiro atoms. The highest BCUT2D eigenvalue weighted by Gasteiger charge is 2.22. The molecule has 0 saturated heterocycles. The van der Waals surface area contributed by atoms with Gasteiger partial charge in [0.1, 0.15) is 17.4 Å². The lowest BCUT2D eigenvalue weighted by molar-refractivity contribution is 0.0274. The van der Waals surface area contributed by atoms with Gasteiger partial charge in [-0.15, -0.1) is 10.2 Å². The first-order chi connectivity index (χ1) is 12.5. The standard InChI is InChI=1S/C18H14F2N2O4/c1-10(25-18(23)14-8-5-12(19)9-15(14)20)16-21-22-17(26-16)11-3-6-13(24-2)7-4-11/h3-10H,1-2H3. The number of ether oxygens (including phenoxy) is 2. The third kappa shape index (κ3) is 3.69. The Hall–Kier alpha value is -3.29. The quantitative estimate of drug-likeness (QED) is 0.642. The van der Waals surface area contributed by atoms with E-state index in [1.54, 1.807) is 31.4 Å². The minimum Gasteiger partial charge on any atom is -0.497 e. The highest BCUT2D eigenvalue weighted by Crippen LogP contribution is 2.25. The molecule has 1 atom stereocenters. The molecule has 0 saturated carbocycles. The predicted molar refractivity (Wildman–Crippen MR) is 86.5 cm³/mol. The number of benzene rings is 2. The van der Waals surface area contributed by atoms with Crippen molar-refractivity contribution in [1.82, 2.24) is 10.2 Å². The van der Waals surface area contributed by atoms with Crippen molar-refractivity contribution in [1.29, 1.82) is 0 Å². The van der Waals surface area contributed by atoms with Gasteiger partial charge >= 0.3 is 5.97 Å². The minimum absolute atomic E-state index is 0.0479. The first-order valence-electron chi connectivity index (χ1n) is 7.62. The topological polar surface area (TPSA) is 74.5 Å². The van der Waals surface area contributed by atoms with Crippen LogP contribution >= 0.6 is 0 Å². The number of carbonyl (C=O) groups excluding carboxylic acids is 1. The molecule has 0 aliphatic carbocycles. The average Bonchev–Trinajstić information content (AvgIpc) is 3.12. The van der Waals surface area contributed by atoms with Crippen LogP contribution in [0.1, 0.15) is 29.3 Å². The number of hydrogen-bond acceptors (Lipinski definition) is 6. The van der Waals surface area contributed by atoms with Crippen LogP contribution in [0, 0.1) is 11.6 Å². The Labute approximate surface area is 147 Å². The monoisotopic (exact) mass is 360 g/mol. The number of aromatic nitrogens is 2. The summed E-state index contributed by atoms with van der Waals surface area (Å²) in [6.45, 7) is 1.50. The van der Waals surface area contributed by atoms with E-state index in [-0.39, 0.29) is 17.3 Å². The highest BCUT2D eigenvalue weighted by atomic mass is 19.1. The molecule has 0 aliphatic rings. The van der Waals surface area contributed by atoms with E-state index in [0.717, 1.165) is 12.1 Å². The van der Waals surface area contributed by atoms with Crippen molar-refractivity contribution in [3.63, 3.8) is 0 Å². The SMILES string of the molecule is COc1ccc(-c2nnc(C(C)OC(=O)c3ccc(F)cc3F)o2)cc1. The van der Waals surface area contributed by atoms with E-state index in [4.69, 9.17) is 13.9 Å². The van der Waals surface area contributed by atoms with E-state index in [0.29, 0.717) is 17.4 Å². The van der Waals surface area contributed by atoms with Gasteiger partial charge in [0, 0.05) is 11.6 Å². The van der Waals surface area contributed by atoms with Crippen LogP contribution in [-0.4, -0.2) is 23.3 Å². The maximum Gasteiger partial charge on any atom is 0.341 e. The molecule has 6 nitrogen and oxygen atoms in total. The second kappa shape index (κ2) is 7.30. The molecule has 1 unspecified atom stereocenters. The summed E-state index contributed by atoms with van der Waals surface area (Å²) < 4.78 is 42.2. The van der Waals surface area contributed by atoms with Crippen molar-refractivity contribution in [2.24, 2.45) is 0 Å². The van der Waals surface area contributed by atoms with Gasteiger partial charge in [-0.2, -0.15) is 0 Å². The second-order valence-corrected chi connectivity index (χ2v) is 5.35. The summed E-state index contributed by atoms with van der Waals surface area (Å²) in [5, 5.41) is 7.74. The summed E-state index contributed by atoms with van der Waals surface area (Å²) in [4.78, 5) is 12.0. The van der Waals surface area contributed by atoms with Gasteiger partial charge in [-0.3, -0.25) is 0 Å². The number of carbonyl (C=O) groups is 1. The maximum atomic E-state index is 13.6. The third-order valence-corrected chi connectivity index (χ3v) is 3.56. The van der Waals surface area contributed by atoms with Crippen molar-refractivity contribution in [3.05, 3.63) is 65.6 Å². The Bertz CT molecular complexity index is 925. The number of halogens is 2. The largest absolute Gasteiger partial charge is 0.497 e. The van der Waals surface area contributed by atoms with Gasteiger partial charge in [0.15, 0.2) is 6.10 Å². The summed E-state index contributed by atoms with van der Waals surface area (Å²) >= 11 is 0. The fourth-order valence-corrected chi connectivity index (χ4v) is 2.18. The van der Waals surface area contributed by atoms with Gasteiger partial charge in [-0.25, -0.2) is 13.6 Å². The zero-order valence-corrected chi connectivity index (χ0v) is 13.9. The molecule has 0 fully saturated rings. The van der Waals surface area contributed by atoms with Crippen molar-refractivity contribution in [2.75, 3.05) is 7.11 Å². The van der Waals surface area contributed by atoms with Crippen molar-refractivity contribution in [2.45, 2.75) is 13.0 Å². The van der Waals surface area contributed by atoms with Crippen LogP contribution < -0.4 is 4.74 Å². The van der Waals surface area contributed by atoms with E-state index >= 15 is 0 Å². The van der Waals surface area contributed by atoms with Crippen LogP contribution in [0.4, 0.5) is 8.78 Å². The van der Waals surface area contributed by atoms with Gasteiger partial charge in [-0.1, -0.05) is 0 Å². The molecule has 1 aromatic heterocycles. The summed E-state index contributed by atoms with van der Waals surface area (Å²) in [7, 11) is 1.56. The molecule has 1 heterocycles. The highest BCUT2D eigenvalue weighted by molar-refractivity contribution is 5.89. The van der Waals surface area contributed by atoms with Crippen LogP contribution in [0.3, 0.4) is 0 Å². The molecule has 0 aliphatic heterocycles. The van der Waals surface area contributed by atoms with Crippen LogP contribution in [0.15, 0.2) is 46.9 Å². The smallest absolute Gasteiger partial charge is 0.341 e. The van der Waals surface area contributed by atoms with E-state index in [2.05, 4.69) is 10.2 Å². The molecule has 3 rings (SSSR count). The molecule has 0 N–H and O–H groups in total. The number of methoxy groups -OCH3 is 1. The van der Waals surface area contributed by atoms with Crippen LogP contribution in [0.2, 0.25) is 0 Å². The van der Waals surface area contributed by atoms with Crippen LogP contribution in [0.5, 0.6) is 5.75 Å². The minimum atomic E-state index is -1.01. The lowest BCUT2D eigenvalue weighted by Gasteiger charge is -2.09. The van der Waals surface area contributed by atoms with E-state index < -0.39 is 23.7 Å². The fourth-order valence-electron chi connectivity index (χ4n) is 2.18. The molecular weight excluding hydrogens is 346 g/mol. The molecule has 8 heteroatoms. The van der Waals surface area contributed by atoms with Crippen molar-refractivity contribution < 1.29 is 27.5 Å². The van der Waals surface area contributed by atoms with Gasteiger partial charge in [0.2, 0.25) is 5.89 Å². The molecule has 0 radical (unpaired) electrons. The van der Waals surface area contributed by atoms with Gasteiger partial charge in [0.05, 0.1) is 12.7 Å². The zero-order chi connectivity index (χ0) is 18.7. The summed E-state index contributed by atoms with van der Waals surface area (Å²) in [5.41, 5.74) is 0.279. The second-order valence-electron chi connectivity index (χ2n) is 5.35. The molecule has 134 valence electrons. The number of rotatable bonds is 5. The third-order valence-electron chi connectivity index (χ3n) is 3.56. The van der Waals surface area contributed by atoms with E-state index in [1.807, 2.05) is 0 Å². The Kier molecular flexibility index (Phi) is 4.92. The maximum absolute atomic E-state index is 13.6. The van der Waals surface area contributed by atoms with Gasteiger partial charge in [-0.05, 0) is 43.3 Å². The Morgan fingerprint density at radius 3 is 2.50 bits per heavy atom. The number of nitrogens with zero attached hydrogens (tertiary/aromatic N) is 2. The molecule has 0 bridgehead atoms. The molecule has 3 aromatic rings. The van der Waals surface area contributed by atoms with Gasteiger partial charge in [0.25, 0.3) is 5.89 Å². The Balaban J connectivity index is 1.73. The first-order valence-corrected chi connectivity index (χ1v) is 7.62. The average molecular weight is 360 g/mol. The number of esters is 1. The lowest BCUT2D eigenvalue weighted by Crippen LogP contribution is -2.11. The Morgan fingerprint density at radius 2 is 1.85 bits per heavy atom. The van der Waals surface area contributed by atoms with E-state index in [9.17, 15) is 13.6 Å². The van der Waals surface area contributed by atoms with E-state index in [1.165, 1.54) is 6.92 Å². The van der Waals surface area contributed by atoms with Crippen LogP contribution in [-0.2, 0) is 4.74 Å². The van der Waals surface area contributed by atoms with Gasteiger partial charge < -0.3 is 13.9 Å². The van der Waals surface area contributed by atoms with Crippen LogP contribution in [0.25, 0.3) is 11.5 Å².